The van der Waals surface area contributed by atoms with Crippen molar-refractivity contribution < 1.29 is 33.3 Å². The number of carbonyl (C=O) groups is 3. The summed E-state index contributed by atoms with van der Waals surface area (Å²) in [6, 6.07) is 4.70. The highest BCUT2D eigenvalue weighted by atomic mass is 16.6. The molecule has 0 heterocycles. The van der Waals surface area contributed by atoms with Crippen LogP contribution < -0.4 is 10.1 Å². The molecule has 0 saturated heterocycles. The third-order valence-electron chi connectivity index (χ3n) is 3.04. The van der Waals surface area contributed by atoms with E-state index in [9.17, 15) is 14.4 Å². The monoisotopic (exact) mass is 339 g/mol. The van der Waals surface area contributed by atoms with Crippen LogP contribution >= 0.6 is 0 Å². The van der Waals surface area contributed by atoms with E-state index in [1.807, 2.05) is 12.2 Å². The molecule has 0 aliphatic carbocycles. The van der Waals surface area contributed by atoms with Crippen LogP contribution in [0.4, 0.5) is 4.79 Å². The van der Waals surface area contributed by atoms with Crippen LogP contribution in [0.5, 0.6) is 5.75 Å². The molecule has 0 aliphatic heterocycles. The van der Waals surface area contributed by atoms with E-state index in [0.29, 0.717) is 17.9 Å². The fraction of sp³-hybridized carbons (Fsp3) is 0.438. The smallest absolute Gasteiger partial charge is 0.413 e. The molecule has 132 valence electrons. The number of imide groups is 1. The molecule has 1 N–H and O–H groups in total. The summed E-state index contributed by atoms with van der Waals surface area (Å²) in [5.41, 5.74) is 0.920. The molecule has 8 heteroatoms. The van der Waals surface area contributed by atoms with Crippen molar-refractivity contribution in [2.24, 2.45) is 0 Å². The zero-order chi connectivity index (χ0) is 18.1. The van der Waals surface area contributed by atoms with E-state index in [-0.39, 0.29) is 12.2 Å². The molecule has 1 aromatic rings. The van der Waals surface area contributed by atoms with Gasteiger partial charge in [-0.1, -0.05) is 0 Å². The van der Waals surface area contributed by atoms with Crippen molar-refractivity contribution >= 4 is 18.0 Å². The van der Waals surface area contributed by atoms with Gasteiger partial charge in [-0.25, -0.2) is 9.59 Å². The lowest BCUT2D eigenvalue weighted by atomic mass is 10.1. The minimum atomic E-state index is -1.16. The van der Waals surface area contributed by atoms with Gasteiger partial charge in [0.2, 0.25) is 0 Å². The minimum absolute atomic E-state index is 0.239. The van der Waals surface area contributed by atoms with Gasteiger partial charge in [0.15, 0.2) is 6.10 Å². The Labute approximate surface area is 140 Å². The van der Waals surface area contributed by atoms with Gasteiger partial charge in [0, 0.05) is 12.2 Å². The summed E-state index contributed by atoms with van der Waals surface area (Å²) in [6.45, 7) is 3.99. The van der Waals surface area contributed by atoms with Crippen LogP contribution in [0.3, 0.4) is 0 Å². The summed E-state index contributed by atoms with van der Waals surface area (Å²) in [4.78, 5) is 34.8. The molecular weight excluding hydrogens is 318 g/mol. The van der Waals surface area contributed by atoms with Gasteiger partial charge >= 0.3 is 12.1 Å². The first-order chi connectivity index (χ1) is 11.4. The standard InChI is InChI=1S/C16H21NO7/c1-5-23-9-12-8-11(6-7-13(12)21-3)15(19)24-10(2)14(18)17-16(20)22-4/h6-8,10H,5,9H2,1-4H3,(H,17,18,20)/t10-/m0/s1. The highest BCUT2D eigenvalue weighted by Gasteiger charge is 2.21. The number of carbonyl (C=O) groups excluding carboxylic acids is 3. The molecule has 1 atom stereocenters. The first-order valence-electron chi connectivity index (χ1n) is 7.27. The Morgan fingerprint density at radius 1 is 1.21 bits per heavy atom. The number of rotatable bonds is 7. The van der Waals surface area contributed by atoms with Crippen molar-refractivity contribution in [2.75, 3.05) is 20.8 Å². The molecule has 1 aromatic carbocycles. The third kappa shape index (κ3) is 5.54. The number of benzene rings is 1. The normalized spacial score (nSPS) is 11.3. The topological polar surface area (TPSA) is 100 Å². The zero-order valence-corrected chi connectivity index (χ0v) is 14.1. The average molecular weight is 339 g/mol. The van der Waals surface area contributed by atoms with Crippen molar-refractivity contribution in [1.82, 2.24) is 5.32 Å². The Balaban J connectivity index is 2.79. The number of alkyl carbamates (subject to hydrolysis) is 1. The lowest BCUT2D eigenvalue weighted by Gasteiger charge is -2.14. The van der Waals surface area contributed by atoms with Gasteiger partial charge in [-0.2, -0.15) is 0 Å². The number of nitrogens with one attached hydrogen (secondary N) is 1. The van der Waals surface area contributed by atoms with E-state index in [4.69, 9.17) is 14.2 Å². The summed E-state index contributed by atoms with van der Waals surface area (Å²) < 4.78 is 19.9. The predicted molar refractivity (Wildman–Crippen MR) is 83.7 cm³/mol. The molecule has 0 fully saturated rings. The molecule has 0 radical (unpaired) electrons. The second kappa shape index (κ2) is 9.51. The van der Waals surface area contributed by atoms with Gasteiger partial charge < -0.3 is 18.9 Å². The number of methoxy groups -OCH3 is 2. The third-order valence-corrected chi connectivity index (χ3v) is 3.04. The van der Waals surface area contributed by atoms with E-state index < -0.39 is 24.1 Å². The van der Waals surface area contributed by atoms with Crippen LogP contribution in [-0.2, 0) is 25.6 Å². The Bertz CT molecular complexity index is 600. The van der Waals surface area contributed by atoms with Crippen LogP contribution in [0.2, 0.25) is 0 Å². The van der Waals surface area contributed by atoms with Gasteiger partial charge in [0.05, 0.1) is 26.4 Å². The lowest BCUT2D eigenvalue weighted by Crippen LogP contribution is -2.39. The molecule has 2 amide bonds. The molecule has 1 rings (SSSR count). The number of esters is 1. The van der Waals surface area contributed by atoms with Crippen LogP contribution in [0.15, 0.2) is 18.2 Å². The molecular formula is C16H21NO7. The summed E-state index contributed by atoms with van der Waals surface area (Å²) in [6.07, 6.45) is -2.08. The SMILES string of the molecule is CCOCc1cc(C(=O)O[C@@H](C)C(=O)NC(=O)OC)ccc1OC. The van der Waals surface area contributed by atoms with Crippen LogP contribution in [0.25, 0.3) is 0 Å². The molecule has 0 bridgehead atoms. The van der Waals surface area contributed by atoms with Crippen molar-refractivity contribution in [3.8, 4) is 5.75 Å². The molecule has 8 nitrogen and oxygen atoms in total. The van der Waals surface area contributed by atoms with Gasteiger partial charge in [-0.3, -0.25) is 10.1 Å². The van der Waals surface area contributed by atoms with Gasteiger partial charge in [-0.15, -0.1) is 0 Å². The van der Waals surface area contributed by atoms with Crippen molar-refractivity contribution in [1.29, 1.82) is 0 Å². The molecule has 0 aromatic heterocycles. The maximum atomic E-state index is 12.1. The summed E-state index contributed by atoms with van der Waals surface area (Å²) in [7, 11) is 2.64. The Morgan fingerprint density at radius 2 is 1.92 bits per heavy atom. The first kappa shape index (κ1) is 19.4. The maximum Gasteiger partial charge on any atom is 0.413 e. The van der Waals surface area contributed by atoms with Crippen LogP contribution in [0, 0.1) is 0 Å². The van der Waals surface area contributed by atoms with E-state index in [1.165, 1.54) is 20.1 Å². The van der Waals surface area contributed by atoms with E-state index in [2.05, 4.69) is 4.74 Å². The van der Waals surface area contributed by atoms with Crippen LogP contribution in [-0.4, -0.2) is 44.9 Å². The molecule has 0 unspecified atom stereocenters. The second-order valence-corrected chi connectivity index (χ2v) is 4.69. The quantitative estimate of drug-likeness (QED) is 0.754. The molecule has 0 spiro atoms. The average Bonchev–Trinajstić information content (AvgIpc) is 2.59. The lowest BCUT2D eigenvalue weighted by molar-refractivity contribution is -0.128. The number of ether oxygens (including phenoxy) is 4. The molecule has 24 heavy (non-hydrogen) atoms. The van der Waals surface area contributed by atoms with Crippen molar-refractivity contribution in [3.05, 3.63) is 29.3 Å². The van der Waals surface area contributed by atoms with Crippen molar-refractivity contribution in [3.63, 3.8) is 0 Å². The van der Waals surface area contributed by atoms with Gasteiger partial charge in [0.25, 0.3) is 5.91 Å². The fourth-order valence-corrected chi connectivity index (χ4v) is 1.77. The second-order valence-electron chi connectivity index (χ2n) is 4.69. The molecule has 0 saturated carbocycles. The fourth-order valence-electron chi connectivity index (χ4n) is 1.77. The highest BCUT2D eigenvalue weighted by Crippen LogP contribution is 2.21. The summed E-state index contributed by atoms with van der Waals surface area (Å²) in [5, 5.41) is 1.93. The van der Waals surface area contributed by atoms with E-state index in [0.717, 1.165) is 7.11 Å². The van der Waals surface area contributed by atoms with Crippen molar-refractivity contribution in [2.45, 2.75) is 26.6 Å². The van der Waals surface area contributed by atoms with E-state index >= 15 is 0 Å². The van der Waals surface area contributed by atoms with E-state index in [1.54, 1.807) is 12.1 Å². The summed E-state index contributed by atoms with van der Waals surface area (Å²) >= 11 is 0. The number of hydrogen-bond acceptors (Lipinski definition) is 7. The Hall–Kier alpha value is -2.61. The Morgan fingerprint density at radius 3 is 2.50 bits per heavy atom. The zero-order valence-electron chi connectivity index (χ0n) is 14.1. The first-order valence-corrected chi connectivity index (χ1v) is 7.27. The number of hydrogen-bond donors (Lipinski definition) is 1. The molecule has 0 aliphatic rings. The number of amides is 2. The van der Waals surface area contributed by atoms with Gasteiger partial charge in [0.1, 0.15) is 5.75 Å². The summed E-state index contributed by atoms with van der Waals surface area (Å²) in [5.74, 6) is -0.905. The van der Waals surface area contributed by atoms with Crippen LogP contribution in [0.1, 0.15) is 29.8 Å². The Kier molecular flexibility index (Phi) is 7.70. The largest absolute Gasteiger partial charge is 0.496 e. The van der Waals surface area contributed by atoms with Gasteiger partial charge in [-0.05, 0) is 32.0 Å². The highest BCUT2D eigenvalue weighted by molar-refractivity contribution is 5.97. The maximum absolute atomic E-state index is 12.1. The minimum Gasteiger partial charge on any atom is -0.496 e. The predicted octanol–water partition coefficient (Wildman–Crippen LogP) is 1.66.